The van der Waals surface area contributed by atoms with Gasteiger partial charge in [0.25, 0.3) is 0 Å². The van der Waals surface area contributed by atoms with Crippen LogP contribution in [-0.4, -0.2) is 11.2 Å². The molecule has 2 aromatic carbocycles. The van der Waals surface area contributed by atoms with Crippen LogP contribution < -0.4 is 10.6 Å². The van der Waals surface area contributed by atoms with E-state index in [1.807, 2.05) is 36.4 Å². The summed E-state index contributed by atoms with van der Waals surface area (Å²) in [5, 5.41) is 13.2. The van der Waals surface area contributed by atoms with E-state index in [1.54, 1.807) is 6.92 Å². The van der Waals surface area contributed by atoms with Gasteiger partial charge in [0, 0.05) is 0 Å². The van der Waals surface area contributed by atoms with Gasteiger partial charge in [0.15, 0.2) is 0 Å². The highest BCUT2D eigenvalue weighted by atomic mass is 31.1. The molecule has 0 spiro atoms. The second kappa shape index (κ2) is 5.95. The number of hydrogen-bond acceptors (Lipinski definition) is 1. The van der Waals surface area contributed by atoms with Crippen molar-refractivity contribution in [2.24, 2.45) is 0 Å². The molecule has 2 heteroatoms. The van der Waals surface area contributed by atoms with E-state index >= 15 is 0 Å². The van der Waals surface area contributed by atoms with Crippen molar-refractivity contribution in [3.8, 4) is 0 Å². The zero-order valence-corrected chi connectivity index (χ0v) is 11.3. The zero-order chi connectivity index (χ0) is 13.0. The van der Waals surface area contributed by atoms with Gasteiger partial charge in [0.05, 0.1) is 6.10 Å². The zero-order valence-electron chi connectivity index (χ0n) is 10.5. The van der Waals surface area contributed by atoms with Gasteiger partial charge in [0.2, 0.25) is 0 Å². The topological polar surface area (TPSA) is 20.2 Å². The quantitative estimate of drug-likeness (QED) is 0.834. The van der Waals surface area contributed by atoms with Crippen LogP contribution in [0.3, 0.4) is 0 Å². The second-order valence-corrected chi connectivity index (χ2v) is 6.45. The van der Waals surface area contributed by atoms with Crippen LogP contribution in [0.15, 0.2) is 72.6 Å². The Labute approximate surface area is 110 Å². The van der Waals surface area contributed by atoms with E-state index in [9.17, 15) is 5.11 Å². The van der Waals surface area contributed by atoms with Gasteiger partial charge in [-0.25, -0.2) is 0 Å². The average molecular weight is 256 g/mol. The maximum absolute atomic E-state index is 9.83. The molecule has 2 rings (SSSR count). The van der Waals surface area contributed by atoms with Crippen molar-refractivity contribution in [1.82, 2.24) is 0 Å². The maximum Gasteiger partial charge on any atom is 0.0766 e. The summed E-state index contributed by atoms with van der Waals surface area (Å²) in [6, 6.07) is 20.6. The molecule has 0 amide bonds. The Balaban J connectivity index is 2.45. The summed E-state index contributed by atoms with van der Waals surface area (Å²) in [6.07, 6.45) is -0.489. The van der Waals surface area contributed by atoms with Crippen molar-refractivity contribution in [3.05, 3.63) is 72.6 Å². The van der Waals surface area contributed by atoms with Crippen molar-refractivity contribution < 1.29 is 5.11 Å². The van der Waals surface area contributed by atoms with E-state index in [2.05, 4.69) is 30.8 Å². The molecular weight excluding hydrogens is 239 g/mol. The third-order valence-electron chi connectivity index (χ3n) is 2.80. The SMILES string of the molecule is C=C(C(C)O)P(c1ccccc1)c1ccccc1. The van der Waals surface area contributed by atoms with E-state index in [0.29, 0.717) is 0 Å². The lowest BCUT2D eigenvalue weighted by atomic mass is 10.4. The number of aliphatic hydroxyl groups excluding tert-OH is 1. The molecule has 0 aromatic heterocycles. The number of benzene rings is 2. The summed E-state index contributed by atoms with van der Waals surface area (Å²) in [7, 11) is -0.696. The molecule has 0 heterocycles. The lowest BCUT2D eigenvalue weighted by Crippen LogP contribution is -2.17. The van der Waals surface area contributed by atoms with Gasteiger partial charge in [-0.1, -0.05) is 67.2 Å². The van der Waals surface area contributed by atoms with Crippen molar-refractivity contribution >= 4 is 18.5 Å². The largest absolute Gasteiger partial charge is 0.389 e. The molecule has 1 atom stereocenters. The normalized spacial score (nSPS) is 12.4. The van der Waals surface area contributed by atoms with Crippen LogP contribution in [0, 0.1) is 0 Å². The Hall–Kier alpha value is -1.43. The van der Waals surface area contributed by atoms with E-state index in [-0.39, 0.29) is 0 Å². The van der Waals surface area contributed by atoms with Gasteiger partial charge < -0.3 is 5.11 Å². The van der Waals surface area contributed by atoms with E-state index < -0.39 is 14.0 Å². The summed E-state index contributed by atoms with van der Waals surface area (Å²) in [4.78, 5) is 0. The van der Waals surface area contributed by atoms with Gasteiger partial charge in [-0.05, 0) is 30.8 Å². The van der Waals surface area contributed by atoms with Gasteiger partial charge in [-0.15, -0.1) is 0 Å². The first-order valence-corrected chi connectivity index (χ1v) is 7.31. The number of aliphatic hydroxyl groups is 1. The van der Waals surface area contributed by atoms with Crippen LogP contribution in [0.25, 0.3) is 0 Å². The fraction of sp³-hybridized carbons (Fsp3) is 0.125. The predicted molar refractivity (Wildman–Crippen MR) is 79.9 cm³/mol. The molecule has 1 N–H and O–H groups in total. The molecule has 2 aromatic rings. The molecule has 92 valence electrons. The van der Waals surface area contributed by atoms with Crippen LogP contribution in [0.2, 0.25) is 0 Å². The number of hydrogen-bond donors (Lipinski definition) is 1. The Kier molecular flexibility index (Phi) is 4.30. The Morgan fingerprint density at radius 3 is 1.67 bits per heavy atom. The van der Waals surface area contributed by atoms with E-state index in [1.165, 1.54) is 10.6 Å². The molecule has 0 aliphatic rings. The molecule has 0 saturated carbocycles. The third-order valence-corrected chi connectivity index (χ3v) is 5.38. The predicted octanol–water partition coefficient (Wildman–Crippen LogP) is 3.01. The van der Waals surface area contributed by atoms with Gasteiger partial charge in [-0.2, -0.15) is 0 Å². The molecule has 1 unspecified atom stereocenters. The molecular formula is C16H17OP. The standard InChI is InChI=1S/C16H17OP/c1-13(17)14(2)18(15-9-5-3-6-10-15)16-11-7-4-8-12-16/h3-13,17H,2H2,1H3. The minimum atomic E-state index is -0.696. The van der Waals surface area contributed by atoms with Gasteiger partial charge in [-0.3, -0.25) is 0 Å². The molecule has 0 fully saturated rings. The van der Waals surface area contributed by atoms with E-state index in [4.69, 9.17) is 0 Å². The minimum absolute atomic E-state index is 0.489. The first kappa shape index (κ1) is 13.0. The summed E-state index contributed by atoms with van der Waals surface area (Å²) < 4.78 is 0. The van der Waals surface area contributed by atoms with Gasteiger partial charge >= 0.3 is 0 Å². The summed E-state index contributed by atoms with van der Waals surface area (Å²) >= 11 is 0. The Morgan fingerprint density at radius 2 is 1.33 bits per heavy atom. The smallest absolute Gasteiger partial charge is 0.0766 e. The van der Waals surface area contributed by atoms with Crippen molar-refractivity contribution in [1.29, 1.82) is 0 Å². The summed E-state index contributed by atoms with van der Waals surface area (Å²) in [6.45, 7) is 5.87. The Morgan fingerprint density at radius 1 is 0.944 bits per heavy atom. The second-order valence-electron chi connectivity index (χ2n) is 4.17. The molecule has 1 nitrogen and oxygen atoms in total. The summed E-state index contributed by atoms with van der Waals surface area (Å²) in [5.41, 5.74) is 0. The highest BCUT2D eigenvalue weighted by molar-refractivity contribution is 7.76. The fourth-order valence-corrected chi connectivity index (χ4v) is 4.10. The highest BCUT2D eigenvalue weighted by Gasteiger charge is 2.19. The van der Waals surface area contributed by atoms with Gasteiger partial charge in [0.1, 0.15) is 0 Å². The van der Waals surface area contributed by atoms with Crippen LogP contribution in [-0.2, 0) is 0 Å². The van der Waals surface area contributed by atoms with E-state index in [0.717, 1.165) is 5.31 Å². The lowest BCUT2D eigenvalue weighted by molar-refractivity contribution is 0.240. The van der Waals surface area contributed by atoms with Crippen molar-refractivity contribution in [2.45, 2.75) is 13.0 Å². The summed E-state index contributed by atoms with van der Waals surface area (Å²) in [5.74, 6) is 0. The molecule has 18 heavy (non-hydrogen) atoms. The van der Waals surface area contributed by atoms with Crippen LogP contribution >= 0.6 is 7.92 Å². The average Bonchev–Trinajstić information content (AvgIpc) is 2.41. The lowest BCUT2D eigenvalue weighted by Gasteiger charge is -2.23. The van der Waals surface area contributed by atoms with Crippen LogP contribution in [0.5, 0.6) is 0 Å². The van der Waals surface area contributed by atoms with Crippen molar-refractivity contribution in [2.75, 3.05) is 0 Å². The van der Waals surface area contributed by atoms with Crippen molar-refractivity contribution in [3.63, 3.8) is 0 Å². The molecule has 0 saturated heterocycles. The Bertz CT molecular complexity index is 466. The number of rotatable bonds is 4. The highest BCUT2D eigenvalue weighted by Crippen LogP contribution is 2.43. The fourth-order valence-electron chi connectivity index (χ4n) is 1.82. The molecule has 0 aliphatic heterocycles. The molecule has 0 aliphatic carbocycles. The first-order chi connectivity index (χ1) is 8.70. The monoisotopic (exact) mass is 256 g/mol. The minimum Gasteiger partial charge on any atom is -0.389 e. The van der Waals surface area contributed by atoms with Crippen LogP contribution in [0.1, 0.15) is 6.92 Å². The molecule has 0 bridgehead atoms. The first-order valence-electron chi connectivity index (χ1n) is 5.97. The third kappa shape index (κ3) is 2.87. The molecule has 0 radical (unpaired) electrons. The maximum atomic E-state index is 9.83. The van der Waals surface area contributed by atoms with Crippen LogP contribution in [0.4, 0.5) is 0 Å².